The molecule has 6 nitrogen and oxygen atoms in total. The smallest absolute Gasteiger partial charge is 0.243 e. The van der Waals surface area contributed by atoms with Gasteiger partial charge in [0, 0.05) is 26.3 Å². The maximum absolute atomic E-state index is 13.1. The number of hydrogen-bond donors (Lipinski definition) is 0. The molecule has 1 heterocycles. The molecule has 0 fully saturated rings. The van der Waals surface area contributed by atoms with Crippen molar-refractivity contribution >= 4 is 10.0 Å². The number of hydrogen-bond acceptors (Lipinski definition) is 5. The molecule has 0 unspecified atom stereocenters. The molecule has 0 atom stereocenters. The summed E-state index contributed by atoms with van der Waals surface area (Å²) < 4.78 is 43.7. The van der Waals surface area contributed by atoms with Crippen molar-refractivity contribution in [2.24, 2.45) is 0 Å². The van der Waals surface area contributed by atoms with Gasteiger partial charge in [0.25, 0.3) is 0 Å². The molecule has 1 aliphatic rings. The van der Waals surface area contributed by atoms with Crippen LogP contribution in [-0.4, -0.2) is 46.2 Å². The van der Waals surface area contributed by atoms with E-state index in [9.17, 15) is 8.42 Å². The van der Waals surface area contributed by atoms with Gasteiger partial charge >= 0.3 is 0 Å². The highest BCUT2D eigenvalue weighted by atomic mass is 32.2. The molecule has 2 aromatic rings. The summed E-state index contributed by atoms with van der Waals surface area (Å²) in [6.07, 6.45) is 0. The number of rotatable bonds is 7. The summed E-state index contributed by atoms with van der Waals surface area (Å²) in [5.41, 5.74) is 0.916. The molecule has 0 radical (unpaired) electrons. The Bertz CT molecular complexity index is 807. The van der Waals surface area contributed by atoms with Gasteiger partial charge in [-0.2, -0.15) is 4.31 Å². The molecule has 0 bridgehead atoms. The van der Waals surface area contributed by atoms with E-state index in [0.29, 0.717) is 31.3 Å². The molecule has 7 heteroatoms. The molecule has 0 spiro atoms. The zero-order valence-corrected chi connectivity index (χ0v) is 14.9. The predicted octanol–water partition coefficient (Wildman–Crippen LogP) is 2.30. The number of methoxy groups -OCH3 is 1. The van der Waals surface area contributed by atoms with Gasteiger partial charge in [-0.15, -0.1) is 0 Å². The number of sulfonamides is 1. The fourth-order valence-corrected chi connectivity index (χ4v) is 4.03. The molecule has 0 N–H and O–H groups in total. The van der Waals surface area contributed by atoms with E-state index in [1.165, 1.54) is 10.4 Å². The Morgan fingerprint density at radius 2 is 1.76 bits per heavy atom. The van der Waals surface area contributed by atoms with Crippen LogP contribution in [0.5, 0.6) is 11.5 Å². The molecule has 3 rings (SSSR count). The lowest BCUT2D eigenvalue weighted by Gasteiger charge is -2.24. The second kappa shape index (κ2) is 7.86. The lowest BCUT2D eigenvalue weighted by Crippen LogP contribution is -2.33. The van der Waals surface area contributed by atoms with Crippen LogP contribution in [-0.2, 0) is 21.3 Å². The first-order chi connectivity index (χ1) is 12.1. The van der Waals surface area contributed by atoms with Crippen molar-refractivity contribution in [2.45, 2.75) is 11.4 Å². The Labute approximate surface area is 148 Å². The molecule has 1 aliphatic heterocycles. The highest BCUT2D eigenvalue weighted by molar-refractivity contribution is 7.89. The van der Waals surface area contributed by atoms with E-state index in [4.69, 9.17) is 14.2 Å². The summed E-state index contributed by atoms with van der Waals surface area (Å²) in [6.45, 7) is 1.74. The average Bonchev–Trinajstić information content (AvgIpc) is 2.65. The van der Waals surface area contributed by atoms with Crippen molar-refractivity contribution in [3.8, 4) is 11.5 Å². The van der Waals surface area contributed by atoms with Crippen LogP contribution >= 0.6 is 0 Å². The zero-order chi connectivity index (χ0) is 17.7. The highest BCUT2D eigenvalue weighted by Gasteiger charge is 2.26. The minimum Gasteiger partial charge on any atom is -0.486 e. The predicted molar refractivity (Wildman–Crippen MR) is 93.3 cm³/mol. The average molecular weight is 363 g/mol. The number of ether oxygens (including phenoxy) is 3. The third-order valence-electron chi connectivity index (χ3n) is 3.90. The molecular formula is C18H21NO5S. The summed E-state index contributed by atoms with van der Waals surface area (Å²) in [5, 5.41) is 0. The monoisotopic (exact) mass is 363 g/mol. The van der Waals surface area contributed by atoms with Crippen LogP contribution in [0.1, 0.15) is 5.56 Å². The van der Waals surface area contributed by atoms with Gasteiger partial charge in [-0.05, 0) is 17.7 Å². The van der Waals surface area contributed by atoms with E-state index in [2.05, 4.69) is 0 Å². The van der Waals surface area contributed by atoms with Gasteiger partial charge in [-0.25, -0.2) is 8.42 Å². The van der Waals surface area contributed by atoms with Crippen molar-refractivity contribution in [1.29, 1.82) is 0 Å². The Balaban J connectivity index is 1.90. The van der Waals surface area contributed by atoms with Crippen molar-refractivity contribution in [2.75, 3.05) is 33.5 Å². The zero-order valence-electron chi connectivity index (χ0n) is 14.1. The molecule has 0 saturated heterocycles. The Kier molecular flexibility index (Phi) is 5.57. The van der Waals surface area contributed by atoms with Gasteiger partial charge in [0.15, 0.2) is 11.5 Å². The summed E-state index contributed by atoms with van der Waals surface area (Å²) in [5.74, 6) is 1.02. The van der Waals surface area contributed by atoms with Crippen LogP contribution < -0.4 is 9.47 Å². The highest BCUT2D eigenvalue weighted by Crippen LogP contribution is 2.33. The second-order valence-corrected chi connectivity index (χ2v) is 7.56. The quantitative estimate of drug-likeness (QED) is 0.755. The molecule has 0 aromatic heterocycles. The van der Waals surface area contributed by atoms with Crippen molar-refractivity contribution < 1.29 is 22.6 Å². The van der Waals surface area contributed by atoms with Crippen LogP contribution in [0.3, 0.4) is 0 Å². The largest absolute Gasteiger partial charge is 0.486 e. The lowest BCUT2D eigenvalue weighted by atomic mass is 10.2. The third kappa shape index (κ3) is 4.12. The van der Waals surface area contributed by atoms with E-state index in [1.54, 1.807) is 19.2 Å². The molecule has 25 heavy (non-hydrogen) atoms. The van der Waals surface area contributed by atoms with E-state index in [0.717, 1.165) is 5.56 Å². The van der Waals surface area contributed by atoms with E-state index >= 15 is 0 Å². The standard InChI is InChI=1S/C18H21NO5S/c1-22-10-9-19(14-15-5-3-2-4-6-15)25(20,21)16-7-8-17-18(13-16)24-12-11-23-17/h2-8,13H,9-12,14H2,1H3. The van der Waals surface area contributed by atoms with Crippen molar-refractivity contribution in [3.05, 3.63) is 54.1 Å². The Hall–Kier alpha value is -2.09. The molecule has 0 amide bonds. The molecule has 0 aliphatic carbocycles. The summed E-state index contributed by atoms with van der Waals surface area (Å²) >= 11 is 0. The molecule has 2 aromatic carbocycles. The van der Waals surface area contributed by atoms with Gasteiger partial charge in [-0.1, -0.05) is 30.3 Å². The summed E-state index contributed by atoms with van der Waals surface area (Å²) in [4.78, 5) is 0.184. The summed E-state index contributed by atoms with van der Waals surface area (Å²) in [7, 11) is -2.13. The Morgan fingerprint density at radius 1 is 1.04 bits per heavy atom. The normalized spacial score (nSPS) is 13.8. The molecule has 134 valence electrons. The van der Waals surface area contributed by atoms with Crippen molar-refractivity contribution in [1.82, 2.24) is 4.31 Å². The SMILES string of the molecule is COCCN(Cc1ccccc1)S(=O)(=O)c1ccc2c(c1)OCCO2. The first-order valence-corrected chi connectivity index (χ1v) is 9.48. The van der Waals surface area contributed by atoms with E-state index in [-0.39, 0.29) is 18.0 Å². The molecule has 0 saturated carbocycles. The third-order valence-corrected chi connectivity index (χ3v) is 5.74. The van der Waals surface area contributed by atoms with Crippen LogP contribution in [0.2, 0.25) is 0 Å². The van der Waals surface area contributed by atoms with Crippen LogP contribution in [0, 0.1) is 0 Å². The fraction of sp³-hybridized carbons (Fsp3) is 0.333. The van der Waals surface area contributed by atoms with Crippen LogP contribution in [0.25, 0.3) is 0 Å². The van der Waals surface area contributed by atoms with Crippen LogP contribution in [0.15, 0.2) is 53.4 Å². The van der Waals surface area contributed by atoms with Crippen molar-refractivity contribution in [3.63, 3.8) is 0 Å². The number of nitrogens with zero attached hydrogens (tertiary/aromatic N) is 1. The van der Waals surface area contributed by atoms with Gasteiger partial charge in [0.1, 0.15) is 13.2 Å². The first kappa shape index (κ1) is 17.7. The summed E-state index contributed by atoms with van der Waals surface area (Å²) in [6, 6.07) is 14.2. The van der Waals surface area contributed by atoms with E-state index < -0.39 is 10.0 Å². The maximum Gasteiger partial charge on any atom is 0.243 e. The molecular weight excluding hydrogens is 342 g/mol. The second-order valence-electron chi connectivity index (χ2n) is 5.62. The fourth-order valence-electron chi connectivity index (χ4n) is 2.60. The van der Waals surface area contributed by atoms with Gasteiger partial charge in [-0.3, -0.25) is 0 Å². The minimum atomic E-state index is -3.69. The first-order valence-electron chi connectivity index (χ1n) is 8.04. The minimum absolute atomic E-state index is 0.184. The lowest BCUT2D eigenvalue weighted by molar-refractivity contribution is 0.170. The number of benzene rings is 2. The van der Waals surface area contributed by atoms with Gasteiger partial charge < -0.3 is 14.2 Å². The topological polar surface area (TPSA) is 65.1 Å². The van der Waals surface area contributed by atoms with Crippen LogP contribution in [0.4, 0.5) is 0 Å². The van der Waals surface area contributed by atoms with E-state index in [1.807, 2.05) is 30.3 Å². The van der Waals surface area contributed by atoms with Gasteiger partial charge in [0.05, 0.1) is 11.5 Å². The number of fused-ring (bicyclic) bond motifs is 1. The Morgan fingerprint density at radius 3 is 2.48 bits per heavy atom. The maximum atomic E-state index is 13.1. The van der Waals surface area contributed by atoms with Gasteiger partial charge in [0.2, 0.25) is 10.0 Å².